The highest BCUT2D eigenvalue weighted by molar-refractivity contribution is 5.85. The molecule has 1 fully saturated rings. The molecule has 0 spiro atoms. The summed E-state index contributed by atoms with van der Waals surface area (Å²) in [7, 11) is 0. The van der Waals surface area contributed by atoms with Gasteiger partial charge >= 0.3 is 6.17 Å². The Morgan fingerprint density at radius 1 is 1.42 bits per heavy atom. The van der Waals surface area contributed by atoms with Gasteiger partial charge in [-0.05, 0) is 12.0 Å². The van der Waals surface area contributed by atoms with E-state index in [1.165, 1.54) is 0 Å². The summed E-state index contributed by atoms with van der Waals surface area (Å²) < 4.78 is 0. The van der Waals surface area contributed by atoms with E-state index < -0.39 is 0 Å². The van der Waals surface area contributed by atoms with Crippen LogP contribution in [-0.4, -0.2) is 30.1 Å². The van der Waals surface area contributed by atoms with Crippen LogP contribution >= 0.6 is 12.4 Å². The molecule has 5 heteroatoms. The first-order valence-corrected chi connectivity index (χ1v) is 6.22. The second-order valence-corrected chi connectivity index (χ2v) is 4.43. The summed E-state index contributed by atoms with van der Waals surface area (Å²) in [6.07, 6.45) is 1.52. The van der Waals surface area contributed by atoms with Crippen LogP contribution in [0.3, 0.4) is 0 Å². The molecule has 0 unspecified atom stereocenters. The summed E-state index contributed by atoms with van der Waals surface area (Å²) in [5, 5.41) is 3.13. The van der Waals surface area contributed by atoms with Gasteiger partial charge in [0.25, 0.3) is 0 Å². The van der Waals surface area contributed by atoms with Crippen LogP contribution in [0.25, 0.3) is 4.85 Å². The highest BCUT2D eigenvalue weighted by atomic mass is 35.5. The zero-order valence-electron chi connectivity index (χ0n) is 10.7. The first-order chi connectivity index (χ1) is 8.81. The molecule has 1 aliphatic heterocycles. The number of hydrogen-bond acceptors (Lipinski definition) is 2. The molecule has 1 saturated heterocycles. The van der Waals surface area contributed by atoms with E-state index in [1.807, 2.05) is 30.3 Å². The highest BCUT2D eigenvalue weighted by Gasteiger charge is 2.32. The summed E-state index contributed by atoms with van der Waals surface area (Å²) in [5.41, 5.74) is 1.16. The Labute approximate surface area is 120 Å². The Morgan fingerprint density at radius 3 is 2.84 bits per heavy atom. The van der Waals surface area contributed by atoms with Crippen LogP contribution in [0.15, 0.2) is 30.3 Å². The molecule has 0 saturated carbocycles. The molecule has 0 bridgehead atoms. The fraction of sp³-hybridized carbons (Fsp3) is 0.429. The van der Waals surface area contributed by atoms with Gasteiger partial charge in [0.05, 0.1) is 6.54 Å². The quantitative estimate of drug-likeness (QED) is 0.857. The molecule has 0 radical (unpaired) electrons. The van der Waals surface area contributed by atoms with E-state index in [0.29, 0.717) is 13.1 Å². The average molecular weight is 280 g/mol. The van der Waals surface area contributed by atoms with E-state index in [1.54, 1.807) is 4.90 Å². The van der Waals surface area contributed by atoms with Crippen LogP contribution in [0, 0.1) is 6.57 Å². The number of hydrogen-bond donors (Lipinski definition) is 1. The lowest BCUT2D eigenvalue weighted by atomic mass is 10.2. The summed E-state index contributed by atoms with van der Waals surface area (Å²) in [5.74, 6) is 0.0319. The van der Waals surface area contributed by atoms with E-state index in [2.05, 4.69) is 10.2 Å². The Morgan fingerprint density at radius 2 is 2.16 bits per heavy atom. The maximum Gasteiger partial charge on any atom is 0.300 e. The molecule has 2 rings (SSSR count). The molecule has 102 valence electrons. The topological polar surface area (TPSA) is 36.7 Å². The van der Waals surface area contributed by atoms with Gasteiger partial charge in [-0.25, -0.2) is 6.57 Å². The Bertz CT molecular complexity index is 444. The molecule has 4 nitrogen and oxygen atoms in total. The van der Waals surface area contributed by atoms with Gasteiger partial charge < -0.3 is 5.32 Å². The summed E-state index contributed by atoms with van der Waals surface area (Å²) >= 11 is 0. The zero-order chi connectivity index (χ0) is 12.8. The number of halogens is 1. The number of nitrogens with zero attached hydrogens (tertiary/aromatic N) is 2. The minimum absolute atomic E-state index is 0. The lowest BCUT2D eigenvalue weighted by molar-refractivity contribution is -0.130. The highest BCUT2D eigenvalue weighted by Crippen LogP contribution is 2.17. The lowest BCUT2D eigenvalue weighted by Crippen LogP contribution is -2.39. The number of benzene rings is 1. The average Bonchev–Trinajstić information content (AvgIpc) is 2.88. The summed E-state index contributed by atoms with van der Waals surface area (Å²) in [6, 6.07) is 9.98. The summed E-state index contributed by atoms with van der Waals surface area (Å²) in [4.78, 5) is 17.1. The number of likely N-dealkylation sites (tertiary alicyclic amines) is 1. The first kappa shape index (κ1) is 15.5. The van der Waals surface area contributed by atoms with Crippen LogP contribution in [-0.2, 0) is 11.3 Å². The van der Waals surface area contributed by atoms with Gasteiger partial charge in [0.2, 0.25) is 5.91 Å². The van der Waals surface area contributed by atoms with E-state index in [9.17, 15) is 4.79 Å². The Balaban J connectivity index is 0.00000180. The van der Waals surface area contributed by atoms with Gasteiger partial charge in [-0.3, -0.25) is 14.5 Å². The molecule has 1 aliphatic rings. The molecular weight excluding hydrogens is 262 g/mol. The second kappa shape index (κ2) is 7.78. The minimum atomic E-state index is -0.240. The van der Waals surface area contributed by atoms with Crippen molar-refractivity contribution in [3.8, 4) is 0 Å². The predicted molar refractivity (Wildman–Crippen MR) is 76.7 cm³/mol. The fourth-order valence-corrected chi connectivity index (χ4v) is 2.19. The number of rotatable bonds is 4. The molecule has 1 aromatic carbocycles. The number of carbonyl (C=O) groups excluding carboxylic acids is 1. The van der Waals surface area contributed by atoms with Crippen molar-refractivity contribution >= 4 is 18.3 Å². The first-order valence-electron chi connectivity index (χ1n) is 6.22. The standard InChI is InChI=1S/C14H17N3O.ClH/c1-15-13-8-5-9-17(13)14(18)11-16-10-12-6-3-2-4-7-12;/h2-4,6-7,13,16H,5,8-11H2;1H/t13-;/m0./s1. The third kappa shape index (κ3) is 4.23. The molecule has 1 aromatic rings. The molecule has 0 aliphatic carbocycles. The number of nitrogens with one attached hydrogen (secondary N) is 1. The van der Waals surface area contributed by atoms with Gasteiger partial charge in [-0.1, -0.05) is 30.3 Å². The molecule has 1 heterocycles. The van der Waals surface area contributed by atoms with Gasteiger partial charge in [0.15, 0.2) is 0 Å². The van der Waals surface area contributed by atoms with Crippen molar-refractivity contribution < 1.29 is 4.79 Å². The van der Waals surface area contributed by atoms with Crippen molar-refractivity contribution in [1.29, 1.82) is 0 Å². The van der Waals surface area contributed by atoms with Crippen LogP contribution in [0.5, 0.6) is 0 Å². The second-order valence-electron chi connectivity index (χ2n) is 4.43. The fourth-order valence-electron chi connectivity index (χ4n) is 2.19. The maximum atomic E-state index is 11.9. The Kier molecular flexibility index (Phi) is 6.34. The molecule has 19 heavy (non-hydrogen) atoms. The lowest BCUT2D eigenvalue weighted by Gasteiger charge is -2.16. The monoisotopic (exact) mass is 279 g/mol. The largest absolute Gasteiger partial charge is 0.304 e. The van der Waals surface area contributed by atoms with Crippen molar-refractivity contribution in [2.75, 3.05) is 13.1 Å². The van der Waals surface area contributed by atoms with Crippen LogP contribution in [0.2, 0.25) is 0 Å². The van der Waals surface area contributed by atoms with E-state index in [4.69, 9.17) is 6.57 Å². The van der Waals surface area contributed by atoms with Crippen molar-refractivity contribution in [1.82, 2.24) is 10.2 Å². The molecule has 0 aromatic heterocycles. The van der Waals surface area contributed by atoms with Crippen LogP contribution in [0.1, 0.15) is 18.4 Å². The number of carbonyl (C=O) groups is 1. The number of amides is 1. The van der Waals surface area contributed by atoms with Crippen molar-refractivity contribution in [3.63, 3.8) is 0 Å². The van der Waals surface area contributed by atoms with Crippen molar-refractivity contribution in [2.24, 2.45) is 0 Å². The zero-order valence-corrected chi connectivity index (χ0v) is 11.5. The molecule has 1 N–H and O–H groups in total. The SMILES string of the molecule is Cl.[C-]#[N+][C@@H]1CCCN1C(=O)CNCc1ccccc1. The minimum Gasteiger partial charge on any atom is -0.304 e. The van der Waals surface area contributed by atoms with Gasteiger partial charge in [0, 0.05) is 19.5 Å². The molecule has 1 amide bonds. The third-order valence-corrected chi connectivity index (χ3v) is 3.14. The van der Waals surface area contributed by atoms with E-state index in [-0.39, 0.29) is 24.5 Å². The van der Waals surface area contributed by atoms with Crippen LogP contribution < -0.4 is 5.32 Å². The van der Waals surface area contributed by atoms with Gasteiger partial charge in [0.1, 0.15) is 0 Å². The summed E-state index contributed by atoms with van der Waals surface area (Å²) in [6.45, 7) is 8.76. The Hall–Kier alpha value is -1.57. The normalized spacial score (nSPS) is 17.6. The molecule has 1 atom stereocenters. The van der Waals surface area contributed by atoms with Crippen molar-refractivity contribution in [3.05, 3.63) is 47.3 Å². The molecular formula is C14H18ClN3O. The van der Waals surface area contributed by atoms with E-state index in [0.717, 1.165) is 24.9 Å². The van der Waals surface area contributed by atoms with Gasteiger partial charge in [-0.2, -0.15) is 0 Å². The van der Waals surface area contributed by atoms with Gasteiger partial charge in [-0.15, -0.1) is 12.4 Å². The third-order valence-electron chi connectivity index (χ3n) is 3.14. The predicted octanol–water partition coefficient (Wildman–Crippen LogP) is 2.07. The van der Waals surface area contributed by atoms with Crippen LogP contribution in [0.4, 0.5) is 0 Å². The maximum absolute atomic E-state index is 11.9. The van der Waals surface area contributed by atoms with Crippen molar-refractivity contribution in [2.45, 2.75) is 25.6 Å². The smallest absolute Gasteiger partial charge is 0.300 e. The van der Waals surface area contributed by atoms with E-state index >= 15 is 0 Å².